The van der Waals surface area contributed by atoms with Crippen LogP contribution in [0.5, 0.6) is 0 Å². The molecule has 1 heterocycles. The maximum atomic E-state index is 5.73. The van der Waals surface area contributed by atoms with Gasteiger partial charge in [0, 0.05) is 11.9 Å². The Hall–Kier alpha value is -0.450. The standard InChI is InChI=1S/C10H18N2OS/c1-4-10(2,3)13-6-8-7-14-9(5-11)12-8/h7H,4-6,11H2,1-3H3. The predicted octanol–water partition coefficient (Wildman–Crippen LogP) is 2.31. The molecule has 1 aromatic rings. The molecule has 0 unspecified atom stereocenters. The first-order chi connectivity index (χ1) is 6.57. The molecule has 0 aliphatic rings. The van der Waals surface area contributed by atoms with E-state index in [0.29, 0.717) is 13.2 Å². The number of aromatic nitrogens is 1. The maximum absolute atomic E-state index is 5.73. The van der Waals surface area contributed by atoms with Gasteiger partial charge in [-0.2, -0.15) is 0 Å². The van der Waals surface area contributed by atoms with Crippen LogP contribution < -0.4 is 5.73 Å². The quantitative estimate of drug-likeness (QED) is 0.818. The topological polar surface area (TPSA) is 48.1 Å². The fraction of sp³-hybridized carbons (Fsp3) is 0.700. The second kappa shape index (κ2) is 4.87. The van der Waals surface area contributed by atoms with Gasteiger partial charge in [-0.25, -0.2) is 4.98 Å². The minimum absolute atomic E-state index is 0.0630. The molecule has 0 aromatic carbocycles. The zero-order valence-corrected chi connectivity index (χ0v) is 9.86. The smallest absolute Gasteiger partial charge is 0.107 e. The van der Waals surface area contributed by atoms with E-state index in [2.05, 4.69) is 25.8 Å². The lowest BCUT2D eigenvalue weighted by molar-refractivity contribution is -0.0328. The molecule has 80 valence electrons. The summed E-state index contributed by atoms with van der Waals surface area (Å²) in [4.78, 5) is 4.33. The van der Waals surface area contributed by atoms with Crippen molar-refractivity contribution in [1.29, 1.82) is 0 Å². The number of hydrogen-bond donors (Lipinski definition) is 1. The highest BCUT2D eigenvalue weighted by Gasteiger charge is 2.15. The third-order valence-corrected chi connectivity index (χ3v) is 3.16. The zero-order chi connectivity index (χ0) is 10.6. The monoisotopic (exact) mass is 214 g/mol. The van der Waals surface area contributed by atoms with Crippen LogP contribution in [0.2, 0.25) is 0 Å². The highest BCUT2D eigenvalue weighted by Crippen LogP contribution is 2.17. The summed E-state index contributed by atoms with van der Waals surface area (Å²) < 4.78 is 5.73. The summed E-state index contributed by atoms with van der Waals surface area (Å²) in [7, 11) is 0. The Morgan fingerprint density at radius 1 is 1.57 bits per heavy atom. The molecule has 2 N–H and O–H groups in total. The molecule has 0 aliphatic carbocycles. The second-order valence-corrected chi connectivity index (χ2v) is 4.78. The molecule has 0 atom stereocenters. The summed E-state index contributed by atoms with van der Waals surface area (Å²) in [6.45, 7) is 7.39. The number of nitrogens with zero attached hydrogens (tertiary/aromatic N) is 1. The van der Waals surface area contributed by atoms with Crippen LogP contribution in [0.1, 0.15) is 37.9 Å². The number of nitrogens with two attached hydrogens (primary N) is 1. The molecule has 4 heteroatoms. The van der Waals surface area contributed by atoms with Gasteiger partial charge in [0.15, 0.2) is 0 Å². The van der Waals surface area contributed by atoms with E-state index in [1.165, 1.54) is 0 Å². The van der Waals surface area contributed by atoms with Crippen molar-refractivity contribution in [3.05, 3.63) is 16.1 Å². The van der Waals surface area contributed by atoms with Crippen LogP contribution in [0.4, 0.5) is 0 Å². The molecule has 1 rings (SSSR count). The van der Waals surface area contributed by atoms with Gasteiger partial charge in [-0.05, 0) is 20.3 Å². The zero-order valence-electron chi connectivity index (χ0n) is 9.04. The van der Waals surface area contributed by atoms with Crippen LogP contribution in [0.25, 0.3) is 0 Å². The Balaban J connectivity index is 2.45. The summed E-state index contributed by atoms with van der Waals surface area (Å²) in [5.74, 6) is 0. The Morgan fingerprint density at radius 2 is 2.29 bits per heavy atom. The lowest BCUT2D eigenvalue weighted by Gasteiger charge is -2.22. The average molecular weight is 214 g/mol. The van der Waals surface area contributed by atoms with Gasteiger partial charge in [0.2, 0.25) is 0 Å². The molecule has 0 fully saturated rings. The summed E-state index contributed by atoms with van der Waals surface area (Å²) in [6.07, 6.45) is 1.00. The molecule has 0 aliphatic heterocycles. The van der Waals surface area contributed by atoms with E-state index in [4.69, 9.17) is 10.5 Å². The lowest BCUT2D eigenvalue weighted by Crippen LogP contribution is -2.22. The van der Waals surface area contributed by atoms with E-state index in [1.54, 1.807) is 11.3 Å². The van der Waals surface area contributed by atoms with Gasteiger partial charge in [-0.1, -0.05) is 6.92 Å². The molecule has 3 nitrogen and oxygen atoms in total. The van der Waals surface area contributed by atoms with Gasteiger partial charge in [0.05, 0.1) is 17.9 Å². The minimum Gasteiger partial charge on any atom is -0.369 e. The van der Waals surface area contributed by atoms with Gasteiger partial charge in [0.1, 0.15) is 5.01 Å². The fourth-order valence-corrected chi connectivity index (χ4v) is 1.54. The second-order valence-electron chi connectivity index (χ2n) is 3.84. The minimum atomic E-state index is -0.0630. The third kappa shape index (κ3) is 3.36. The third-order valence-electron chi connectivity index (χ3n) is 2.24. The van der Waals surface area contributed by atoms with Crippen LogP contribution in [-0.4, -0.2) is 10.6 Å². The molecule has 0 radical (unpaired) electrons. The number of ether oxygens (including phenoxy) is 1. The normalized spacial score (nSPS) is 12.0. The van der Waals surface area contributed by atoms with Crippen molar-refractivity contribution < 1.29 is 4.74 Å². The van der Waals surface area contributed by atoms with Crippen LogP contribution in [0.15, 0.2) is 5.38 Å². The van der Waals surface area contributed by atoms with Crippen molar-refractivity contribution in [2.75, 3.05) is 0 Å². The summed E-state index contributed by atoms with van der Waals surface area (Å²) in [6, 6.07) is 0. The van der Waals surface area contributed by atoms with Crippen LogP contribution in [0.3, 0.4) is 0 Å². The van der Waals surface area contributed by atoms with E-state index in [9.17, 15) is 0 Å². The van der Waals surface area contributed by atoms with Crippen LogP contribution in [0, 0.1) is 0 Å². The van der Waals surface area contributed by atoms with E-state index >= 15 is 0 Å². The van der Waals surface area contributed by atoms with E-state index in [-0.39, 0.29) is 5.60 Å². The van der Waals surface area contributed by atoms with Crippen LogP contribution >= 0.6 is 11.3 Å². The molecule has 0 amide bonds. The van der Waals surface area contributed by atoms with Gasteiger partial charge in [-0.15, -0.1) is 11.3 Å². The highest BCUT2D eigenvalue weighted by atomic mass is 32.1. The molecule has 14 heavy (non-hydrogen) atoms. The fourth-order valence-electron chi connectivity index (χ4n) is 0.880. The Bertz CT molecular complexity index is 283. The summed E-state index contributed by atoms with van der Waals surface area (Å²) in [5, 5.41) is 2.98. The van der Waals surface area contributed by atoms with Gasteiger partial charge in [-0.3, -0.25) is 0 Å². The first kappa shape index (κ1) is 11.6. The van der Waals surface area contributed by atoms with Gasteiger partial charge >= 0.3 is 0 Å². The number of rotatable bonds is 5. The van der Waals surface area contributed by atoms with Crippen molar-refractivity contribution in [3.63, 3.8) is 0 Å². The van der Waals surface area contributed by atoms with Crippen molar-refractivity contribution in [1.82, 2.24) is 4.98 Å². The summed E-state index contributed by atoms with van der Waals surface area (Å²) in [5.41, 5.74) is 6.40. The largest absolute Gasteiger partial charge is 0.369 e. The van der Waals surface area contributed by atoms with Crippen molar-refractivity contribution >= 4 is 11.3 Å². The molecular weight excluding hydrogens is 196 g/mol. The average Bonchev–Trinajstić information content (AvgIpc) is 2.63. The highest BCUT2D eigenvalue weighted by molar-refractivity contribution is 7.09. The van der Waals surface area contributed by atoms with E-state index in [0.717, 1.165) is 17.1 Å². The Morgan fingerprint density at radius 3 is 2.79 bits per heavy atom. The first-order valence-electron chi connectivity index (χ1n) is 4.84. The summed E-state index contributed by atoms with van der Waals surface area (Å²) >= 11 is 1.59. The predicted molar refractivity (Wildman–Crippen MR) is 59.2 cm³/mol. The number of hydrogen-bond acceptors (Lipinski definition) is 4. The molecule has 0 saturated heterocycles. The molecular formula is C10H18N2OS. The first-order valence-corrected chi connectivity index (χ1v) is 5.72. The van der Waals surface area contributed by atoms with Crippen molar-refractivity contribution in [2.45, 2.75) is 45.9 Å². The molecule has 0 bridgehead atoms. The Kier molecular flexibility index (Phi) is 4.04. The maximum Gasteiger partial charge on any atom is 0.107 e. The Labute approximate surface area is 89.3 Å². The van der Waals surface area contributed by atoms with E-state index in [1.807, 2.05) is 5.38 Å². The lowest BCUT2D eigenvalue weighted by atomic mass is 10.1. The van der Waals surface area contributed by atoms with Crippen molar-refractivity contribution in [2.24, 2.45) is 5.73 Å². The number of thiazole rings is 1. The van der Waals surface area contributed by atoms with Gasteiger partial charge < -0.3 is 10.5 Å². The van der Waals surface area contributed by atoms with Gasteiger partial charge in [0.25, 0.3) is 0 Å². The van der Waals surface area contributed by atoms with Crippen molar-refractivity contribution in [3.8, 4) is 0 Å². The molecule has 0 saturated carbocycles. The van der Waals surface area contributed by atoms with E-state index < -0.39 is 0 Å². The molecule has 0 spiro atoms. The SMILES string of the molecule is CCC(C)(C)OCc1csc(CN)n1. The van der Waals surface area contributed by atoms with Crippen LogP contribution in [-0.2, 0) is 17.9 Å². The molecule has 1 aromatic heterocycles.